The molecule has 1 heterocycles. The summed E-state index contributed by atoms with van der Waals surface area (Å²) in [5.74, 6) is 0.993. The molecule has 29 heavy (non-hydrogen) atoms. The number of nitrogens with zero attached hydrogens (tertiary/aromatic N) is 2. The van der Waals surface area contributed by atoms with Crippen molar-refractivity contribution in [2.75, 3.05) is 18.6 Å². The van der Waals surface area contributed by atoms with Gasteiger partial charge in [-0.25, -0.2) is 14.6 Å². The van der Waals surface area contributed by atoms with Crippen molar-refractivity contribution >= 4 is 29.0 Å². The van der Waals surface area contributed by atoms with Crippen LogP contribution in [0.4, 0.5) is 15.3 Å². The molecule has 152 valence electrons. The van der Waals surface area contributed by atoms with Crippen molar-refractivity contribution in [1.82, 2.24) is 4.98 Å². The summed E-state index contributed by atoms with van der Waals surface area (Å²) in [5.41, 5.74) is 2.44. The van der Waals surface area contributed by atoms with Crippen LogP contribution in [0.3, 0.4) is 0 Å². The maximum absolute atomic E-state index is 12.3. The van der Waals surface area contributed by atoms with Gasteiger partial charge in [-0.1, -0.05) is 19.1 Å². The van der Waals surface area contributed by atoms with Gasteiger partial charge < -0.3 is 18.6 Å². The lowest BCUT2D eigenvalue weighted by atomic mass is 10.2. The molecule has 0 saturated carbocycles. The number of hydrogen-bond donors (Lipinski definition) is 0. The smallest absolute Gasteiger partial charge is 0.424 e. The van der Waals surface area contributed by atoms with Crippen LogP contribution >= 0.6 is 0 Å². The molecule has 0 bridgehead atoms. The quantitative estimate of drug-likeness (QED) is 0.587. The highest BCUT2D eigenvalue weighted by Crippen LogP contribution is 2.27. The van der Waals surface area contributed by atoms with Crippen LogP contribution in [0, 0.1) is 6.92 Å². The van der Waals surface area contributed by atoms with Gasteiger partial charge in [0.15, 0.2) is 12.2 Å². The van der Waals surface area contributed by atoms with E-state index in [2.05, 4.69) is 4.98 Å². The number of imide groups is 1. The Labute approximate surface area is 168 Å². The van der Waals surface area contributed by atoms with E-state index in [-0.39, 0.29) is 13.2 Å². The van der Waals surface area contributed by atoms with Crippen molar-refractivity contribution in [3.63, 3.8) is 0 Å². The fraction of sp³-hybridized carbons (Fsp3) is 0.286. The normalized spacial score (nSPS) is 10.6. The van der Waals surface area contributed by atoms with E-state index in [1.54, 1.807) is 25.1 Å². The summed E-state index contributed by atoms with van der Waals surface area (Å²) in [6.07, 6.45) is -0.973. The molecule has 2 amide bonds. The Balaban J connectivity index is 1.75. The van der Waals surface area contributed by atoms with E-state index in [0.29, 0.717) is 34.9 Å². The lowest BCUT2D eigenvalue weighted by Gasteiger charge is -2.21. The number of aromatic nitrogens is 1. The third-order valence-electron chi connectivity index (χ3n) is 4.08. The number of ether oxygens (including phenoxy) is 3. The first-order valence-corrected chi connectivity index (χ1v) is 9.16. The van der Waals surface area contributed by atoms with Gasteiger partial charge in [-0.3, -0.25) is 0 Å². The molecule has 3 aromatic rings. The second-order valence-electron chi connectivity index (χ2n) is 6.23. The van der Waals surface area contributed by atoms with Crippen LogP contribution in [-0.2, 0) is 16.1 Å². The average molecular weight is 398 g/mol. The fourth-order valence-corrected chi connectivity index (χ4v) is 2.71. The largest absolute Gasteiger partial charge is 0.484 e. The lowest BCUT2D eigenvalue weighted by molar-refractivity contribution is 0.144. The van der Waals surface area contributed by atoms with Gasteiger partial charge in [0.05, 0.1) is 19.4 Å². The number of methoxy groups -OCH3 is 1. The highest BCUT2D eigenvalue weighted by Gasteiger charge is 2.27. The molecule has 0 N–H and O–H groups in total. The van der Waals surface area contributed by atoms with Gasteiger partial charge >= 0.3 is 12.2 Å². The predicted molar refractivity (Wildman–Crippen MR) is 106 cm³/mol. The van der Waals surface area contributed by atoms with Crippen molar-refractivity contribution in [1.29, 1.82) is 0 Å². The molecule has 0 radical (unpaired) electrons. The number of aryl methyl sites for hydroxylation is 1. The van der Waals surface area contributed by atoms with Gasteiger partial charge in [0, 0.05) is 0 Å². The van der Waals surface area contributed by atoms with E-state index in [0.717, 1.165) is 10.4 Å². The number of hydrogen-bond acceptors (Lipinski definition) is 7. The Morgan fingerprint density at radius 2 is 1.93 bits per heavy atom. The number of benzene rings is 2. The SMILES string of the molecule is CCCOC(=O)N(C(=O)OC)c1ccc(OCc2nc3ccccc3o2)cc1C. The van der Waals surface area contributed by atoms with Crippen LogP contribution in [0.5, 0.6) is 5.75 Å². The zero-order valence-electron chi connectivity index (χ0n) is 16.5. The van der Waals surface area contributed by atoms with Crippen LogP contribution in [0.25, 0.3) is 11.1 Å². The van der Waals surface area contributed by atoms with E-state index in [1.165, 1.54) is 7.11 Å². The summed E-state index contributed by atoms with van der Waals surface area (Å²) >= 11 is 0. The number of carbonyl (C=O) groups is 2. The zero-order valence-corrected chi connectivity index (χ0v) is 16.5. The molecule has 1 aromatic heterocycles. The second kappa shape index (κ2) is 9.09. The van der Waals surface area contributed by atoms with E-state index in [4.69, 9.17) is 18.6 Å². The van der Waals surface area contributed by atoms with Crippen molar-refractivity contribution < 1.29 is 28.2 Å². The third-order valence-corrected chi connectivity index (χ3v) is 4.08. The first-order chi connectivity index (χ1) is 14.0. The van der Waals surface area contributed by atoms with Gasteiger partial charge in [0.2, 0.25) is 5.89 Å². The van der Waals surface area contributed by atoms with Gasteiger partial charge in [0.1, 0.15) is 11.3 Å². The van der Waals surface area contributed by atoms with Gasteiger partial charge in [0.25, 0.3) is 0 Å². The summed E-state index contributed by atoms with van der Waals surface area (Å²) in [6.45, 7) is 3.97. The minimum atomic E-state index is -0.825. The maximum atomic E-state index is 12.3. The third kappa shape index (κ3) is 4.66. The highest BCUT2D eigenvalue weighted by atomic mass is 16.6. The fourth-order valence-electron chi connectivity index (χ4n) is 2.71. The number of amides is 2. The van der Waals surface area contributed by atoms with Crippen LogP contribution < -0.4 is 9.64 Å². The number of carbonyl (C=O) groups excluding carboxylic acids is 2. The second-order valence-corrected chi connectivity index (χ2v) is 6.23. The van der Waals surface area contributed by atoms with E-state index in [1.807, 2.05) is 31.2 Å². The molecule has 0 spiro atoms. The Hall–Kier alpha value is -3.55. The average Bonchev–Trinajstić information content (AvgIpc) is 3.15. The van der Waals surface area contributed by atoms with Crippen LogP contribution in [0.15, 0.2) is 46.9 Å². The Bertz CT molecular complexity index is 980. The Morgan fingerprint density at radius 3 is 2.62 bits per heavy atom. The molecule has 0 unspecified atom stereocenters. The number of anilines is 1. The van der Waals surface area contributed by atoms with E-state index < -0.39 is 12.2 Å². The molecule has 3 rings (SSSR count). The van der Waals surface area contributed by atoms with E-state index in [9.17, 15) is 9.59 Å². The molecule has 2 aromatic carbocycles. The zero-order chi connectivity index (χ0) is 20.8. The highest BCUT2D eigenvalue weighted by molar-refractivity contribution is 6.09. The first-order valence-electron chi connectivity index (χ1n) is 9.16. The predicted octanol–water partition coefficient (Wildman–Crippen LogP) is 4.83. The first kappa shape index (κ1) is 20.2. The summed E-state index contributed by atoms with van der Waals surface area (Å²) in [7, 11) is 1.20. The van der Waals surface area contributed by atoms with Crippen molar-refractivity contribution in [3.05, 3.63) is 53.9 Å². The van der Waals surface area contributed by atoms with E-state index >= 15 is 0 Å². The topological polar surface area (TPSA) is 91.1 Å². The minimum Gasteiger partial charge on any atom is -0.484 e. The molecular formula is C21H22N2O6. The molecule has 8 nitrogen and oxygen atoms in total. The minimum absolute atomic E-state index is 0.146. The van der Waals surface area contributed by atoms with Gasteiger partial charge in [-0.2, -0.15) is 4.90 Å². The van der Waals surface area contributed by atoms with Crippen molar-refractivity contribution in [2.45, 2.75) is 26.9 Å². The monoisotopic (exact) mass is 398 g/mol. The molecular weight excluding hydrogens is 376 g/mol. The summed E-state index contributed by atoms with van der Waals surface area (Å²) < 4.78 is 21.2. The molecule has 0 aliphatic rings. The van der Waals surface area contributed by atoms with Crippen LogP contribution in [-0.4, -0.2) is 30.9 Å². The molecule has 0 aliphatic heterocycles. The van der Waals surface area contributed by atoms with Crippen LogP contribution in [0.1, 0.15) is 24.8 Å². The number of rotatable bonds is 6. The molecule has 0 aliphatic carbocycles. The summed E-state index contributed by atoms with van der Waals surface area (Å²) in [6, 6.07) is 12.4. The number of para-hydroxylation sites is 2. The summed E-state index contributed by atoms with van der Waals surface area (Å²) in [5, 5.41) is 0. The molecule has 0 atom stereocenters. The number of fused-ring (bicyclic) bond motifs is 1. The van der Waals surface area contributed by atoms with Crippen molar-refractivity contribution in [2.24, 2.45) is 0 Å². The molecule has 8 heteroatoms. The Morgan fingerprint density at radius 1 is 1.14 bits per heavy atom. The van der Waals surface area contributed by atoms with Gasteiger partial charge in [-0.05, 0) is 49.2 Å². The van der Waals surface area contributed by atoms with Crippen molar-refractivity contribution in [3.8, 4) is 5.75 Å². The van der Waals surface area contributed by atoms with Crippen LogP contribution in [0.2, 0.25) is 0 Å². The summed E-state index contributed by atoms with van der Waals surface area (Å²) in [4.78, 5) is 29.6. The Kier molecular flexibility index (Phi) is 6.33. The maximum Gasteiger partial charge on any atom is 0.424 e. The molecule has 0 saturated heterocycles. The van der Waals surface area contributed by atoms with Gasteiger partial charge in [-0.15, -0.1) is 0 Å². The molecule has 0 fully saturated rings. The number of oxazole rings is 1. The lowest BCUT2D eigenvalue weighted by Crippen LogP contribution is -2.38. The standard InChI is InChI=1S/C21H22N2O6/c1-4-11-27-21(25)23(20(24)26-3)17-10-9-15(12-14(17)2)28-13-19-22-16-7-5-6-8-18(16)29-19/h5-10,12H,4,11,13H2,1-3H3.